The van der Waals surface area contributed by atoms with E-state index >= 15 is 0 Å². The molecule has 0 saturated carbocycles. The van der Waals surface area contributed by atoms with Gasteiger partial charge in [0.1, 0.15) is 12.4 Å². The van der Waals surface area contributed by atoms with Gasteiger partial charge >= 0.3 is 0 Å². The molecule has 1 heterocycles. The summed E-state index contributed by atoms with van der Waals surface area (Å²) >= 11 is 0. The Morgan fingerprint density at radius 2 is 2.15 bits per heavy atom. The maximum Gasteiger partial charge on any atom is 0.164 e. The van der Waals surface area contributed by atoms with Gasteiger partial charge in [-0.05, 0) is 20.3 Å². The van der Waals surface area contributed by atoms with Gasteiger partial charge in [-0.3, -0.25) is 0 Å². The zero-order chi connectivity index (χ0) is 9.90. The van der Waals surface area contributed by atoms with Gasteiger partial charge in [0, 0.05) is 6.42 Å². The van der Waals surface area contributed by atoms with Crippen molar-refractivity contribution in [2.75, 3.05) is 0 Å². The SMILES string of the molecule is C=C[C@H]1OC(C)(C)O[C@H]1CCC=O. The smallest absolute Gasteiger partial charge is 0.164 e. The van der Waals surface area contributed by atoms with Crippen LogP contribution in [0.2, 0.25) is 0 Å². The van der Waals surface area contributed by atoms with Crippen molar-refractivity contribution in [3.05, 3.63) is 12.7 Å². The number of rotatable bonds is 4. The minimum Gasteiger partial charge on any atom is -0.344 e. The first-order chi connectivity index (χ1) is 6.09. The van der Waals surface area contributed by atoms with E-state index < -0.39 is 5.79 Å². The first kappa shape index (κ1) is 10.4. The summed E-state index contributed by atoms with van der Waals surface area (Å²) in [6.45, 7) is 7.40. The van der Waals surface area contributed by atoms with Crippen molar-refractivity contribution in [1.29, 1.82) is 0 Å². The average molecular weight is 184 g/mol. The fraction of sp³-hybridized carbons (Fsp3) is 0.700. The minimum atomic E-state index is -0.549. The van der Waals surface area contributed by atoms with Crippen molar-refractivity contribution in [2.24, 2.45) is 0 Å². The van der Waals surface area contributed by atoms with Crippen LogP contribution in [0, 0.1) is 0 Å². The van der Waals surface area contributed by atoms with Crippen molar-refractivity contribution in [2.45, 2.75) is 44.7 Å². The topological polar surface area (TPSA) is 35.5 Å². The average Bonchev–Trinajstić information content (AvgIpc) is 2.37. The van der Waals surface area contributed by atoms with Gasteiger partial charge in [-0.1, -0.05) is 6.08 Å². The second-order valence-electron chi connectivity index (χ2n) is 3.62. The van der Waals surface area contributed by atoms with E-state index in [0.717, 1.165) is 6.29 Å². The van der Waals surface area contributed by atoms with Gasteiger partial charge in [0.05, 0.1) is 6.10 Å². The van der Waals surface area contributed by atoms with E-state index in [9.17, 15) is 4.79 Å². The predicted molar refractivity (Wildman–Crippen MR) is 49.3 cm³/mol. The molecule has 74 valence electrons. The van der Waals surface area contributed by atoms with Gasteiger partial charge in [-0.25, -0.2) is 0 Å². The molecule has 3 nitrogen and oxygen atoms in total. The van der Waals surface area contributed by atoms with Gasteiger partial charge in [0.2, 0.25) is 0 Å². The van der Waals surface area contributed by atoms with Crippen molar-refractivity contribution < 1.29 is 14.3 Å². The summed E-state index contributed by atoms with van der Waals surface area (Å²) in [5.41, 5.74) is 0. The lowest BCUT2D eigenvalue weighted by Gasteiger charge is -2.16. The lowest BCUT2D eigenvalue weighted by atomic mass is 10.1. The highest BCUT2D eigenvalue weighted by Gasteiger charge is 2.38. The molecule has 1 saturated heterocycles. The number of ether oxygens (including phenoxy) is 2. The van der Waals surface area contributed by atoms with E-state index in [-0.39, 0.29) is 12.2 Å². The molecule has 1 aliphatic rings. The Labute approximate surface area is 78.7 Å². The van der Waals surface area contributed by atoms with Crippen LogP contribution < -0.4 is 0 Å². The van der Waals surface area contributed by atoms with Crippen LogP contribution in [-0.4, -0.2) is 24.3 Å². The van der Waals surface area contributed by atoms with Crippen LogP contribution in [0.5, 0.6) is 0 Å². The summed E-state index contributed by atoms with van der Waals surface area (Å²) in [4.78, 5) is 10.2. The quantitative estimate of drug-likeness (QED) is 0.492. The monoisotopic (exact) mass is 184 g/mol. The summed E-state index contributed by atoms with van der Waals surface area (Å²) in [6, 6.07) is 0. The van der Waals surface area contributed by atoms with Crippen molar-refractivity contribution in [3.63, 3.8) is 0 Å². The Morgan fingerprint density at radius 1 is 1.46 bits per heavy atom. The first-order valence-corrected chi connectivity index (χ1v) is 4.51. The molecule has 1 rings (SSSR count). The molecule has 0 spiro atoms. The van der Waals surface area contributed by atoms with E-state index in [1.807, 2.05) is 13.8 Å². The van der Waals surface area contributed by atoms with Crippen molar-refractivity contribution in [3.8, 4) is 0 Å². The molecule has 2 atom stereocenters. The molecule has 13 heavy (non-hydrogen) atoms. The lowest BCUT2D eigenvalue weighted by molar-refractivity contribution is -0.143. The number of aldehydes is 1. The Hall–Kier alpha value is -0.670. The molecule has 0 unspecified atom stereocenters. The summed E-state index contributed by atoms with van der Waals surface area (Å²) in [7, 11) is 0. The van der Waals surface area contributed by atoms with Gasteiger partial charge in [-0.2, -0.15) is 0 Å². The molecular formula is C10H16O3. The van der Waals surface area contributed by atoms with E-state index in [0.29, 0.717) is 12.8 Å². The molecule has 0 aromatic heterocycles. The zero-order valence-corrected chi connectivity index (χ0v) is 8.16. The van der Waals surface area contributed by atoms with Crippen LogP contribution in [-0.2, 0) is 14.3 Å². The standard InChI is InChI=1S/C10H16O3/c1-4-8-9(6-5-7-11)13-10(2,3)12-8/h4,7-9H,1,5-6H2,2-3H3/t8-,9+/m1/s1. The van der Waals surface area contributed by atoms with E-state index in [4.69, 9.17) is 9.47 Å². The molecule has 0 N–H and O–H groups in total. The number of carbonyl (C=O) groups excluding carboxylic acids is 1. The van der Waals surface area contributed by atoms with Gasteiger partial charge in [0.15, 0.2) is 5.79 Å². The molecule has 0 bridgehead atoms. The van der Waals surface area contributed by atoms with E-state index in [1.54, 1.807) is 6.08 Å². The van der Waals surface area contributed by atoms with Crippen LogP contribution in [0.3, 0.4) is 0 Å². The molecule has 3 heteroatoms. The lowest BCUT2D eigenvalue weighted by Crippen LogP contribution is -2.21. The molecule has 0 aromatic rings. The Morgan fingerprint density at radius 3 is 2.69 bits per heavy atom. The predicted octanol–water partition coefficient (Wildman–Crippen LogP) is 1.67. The summed E-state index contributed by atoms with van der Waals surface area (Å²) in [5.74, 6) is -0.549. The highest BCUT2D eigenvalue weighted by molar-refractivity contribution is 5.49. The van der Waals surface area contributed by atoms with Crippen molar-refractivity contribution in [1.82, 2.24) is 0 Å². The van der Waals surface area contributed by atoms with E-state index in [2.05, 4.69) is 6.58 Å². The highest BCUT2D eigenvalue weighted by atomic mass is 16.7. The number of hydrogen-bond acceptors (Lipinski definition) is 3. The molecule has 1 aliphatic heterocycles. The maximum absolute atomic E-state index is 10.2. The third kappa shape index (κ3) is 2.64. The highest BCUT2D eigenvalue weighted by Crippen LogP contribution is 2.30. The van der Waals surface area contributed by atoms with Crippen LogP contribution in [0.25, 0.3) is 0 Å². The second-order valence-corrected chi connectivity index (χ2v) is 3.62. The van der Waals surface area contributed by atoms with Gasteiger partial charge < -0.3 is 14.3 Å². The number of carbonyl (C=O) groups is 1. The summed E-state index contributed by atoms with van der Waals surface area (Å²) in [5, 5.41) is 0. The minimum absolute atomic E-state index is 0.0299. The van der Waals surface area contributed by atoms with Crippen LogP contribution >= 0.6 is 0 Å². The first-order valence-electron chi connectivity index (χ1n) is 4.51. The molecule has 0 aromatic carbocycles. The summed E-state index contributed by atoms with van der Waals surface area (Å²) < 4.78 is 11.2. The largest absolute Gasteiger partial charge is 0.344 e. The Kier molecular flexibility index (Phi) is 3.22. The van der Waals surface area contributed by atoms with Gasteiger partial charge in [0.25, 0.3) is 0 Å². The maximum atomic E-state index is 10.2. The van der Waals surface area contributed by atoms with E-state index in [1.165, 1.54) is 0 Å². The molecular weight excluding hydrogens is 168 g/mol. The zero-order valence-electron chi connectivity index (χ0n) is 8.16. The third-order valence-electron chi connectivity index (χ3n) is 2.02. The normalized spacial score (nSPS) is 31.5. The fourth-order valence-electron chi connectivity index (χ4n) is 1.52. The molecule has 1 fully saturated rings. The van der Waals surface area contributed by atoms with Crippen molar-refractivity contribution >= 4 is 6.29 Å². The second kappa shape index (κ2) is 4.03. The van der Waals surface area contributed by atoms with Crippen LogP contribution in [0.15, 0.2) is 12.7 Å². The molecule has 0 radical (unpaired) electrons. The van der Waals surface area contributed by atoms with Crippen LogP contribution in [0.4, 0.5) is 0 Å². The number of hydrogen-bond donors (Lipinski definition) is 0. The fourth-order valence-corrected chi connectivity index (χ4v) is 1.52. The van der Waals surface area contributed by atoms with Gasteiger partial charge in [-0.15, -0.1) is 6.58 Å². The molecule has 0 amide bonds. The van der Waals surface area contributed by atoms with Crippen LogP contribution in [0.1, 0.15) is 26.7 Å². The third-order valence-corrected chi connectivity index (χ3v) is 2.02. The molecule has 0 aliphatic carbocycles. The Bertz CT molecular complexity index is 198. The summed E-state index contributed by atoms with van der Waals surface area (Å²) in [6.07, 6.45) is 3.71. The Balaban J connectivity index is 2.52.